The number of aromatic nitrogens is 1. The molecule has 1 aliphatic rings. The number of nitrogens with one attached hydrogen (secondary N) is 1. The van der Waals surface area contributed by atoms with E-state index in [0.29, 0.717) is 17.7 Å². The van der Waals surface area contributed by atoms with Crippen LogP contribution in [0.2, 0.25) is 0 Å². The van der Waals surface area contributed by atoms with Crippen LogP contribution in [0.1, 0.15) is 29.3 Å². The van der Waals surface area contributed by atoms with Crippen LogP contribution in [0.25, 0.3) is 0 Å². The Morgan fingerprint density at radius 2 is 2.53 bits per heavy atom. The Kier molecular flexibility index (Phi) is 4.50. The normalized spacial score (nSPS) is 21.6. The molecule has 0 aromatic carbocycles. The Labute approximate surface area is 112 Å². The predicted octanol–water partition coefficient (Wildman–Crippen LogP) is 0.333. The number of aliphatic hydroxyl groups excluding tert-OH is 1. The first-order valence-corrected chi connectivity index (χ1v) is 6.18. The summed E-state index contributed by atoms with van der Waals surface area (Å²) in [5, 5.41) is 11.7. The second kappa shape index (κ2) is 6.32. The third-order valence-electron chi connectivity index (χ3n) is 3.06. The molecule has 0 radical (unpaired) electrons. The fourth-order valence-corrected chi connectivity index (χ4v) is 1.99. The van der Waals surface area contributed by atoms with Crippen LogP contribution in [-0.2, 0) is 4.74 Å². The van der Waals surface area contributed by atoms with Crippen molar-refractivity contribution in [1.82, 2.24) is 10.3 Å². The van der Waals surface area contributed by atoms with Gasteiger partial charge in [-0.3, -0.25) is 9.78 Å². The predicted molar refractivity (Wildman–Crippen MR) is 69.5 cm³/mol. The molecule has 1 fully saturated rings. The highest BCUT2D eigenvalue weighted by Crippen LogP contribution is 2.14. The van der Waals surface area contributed by atoms with Gasteiger partial charge >= 0.3 is 0 Å². The van der Waals surface area contributed by atoms with E-state index >= 15 is 0 Å². The van der Waals surface area contributed by atoms with E-state index < -0.39 is 0 Å². The van der Waals surface area contributed by atoms with Crippen LogP contribution >= 0.6 is 0 Å². The van der Waals surface area contributed by atoms with Gasteiger partial charge in [-0.1, -0.05) is 11.8 Å². The molecule has 2 rings (SSSR count). The summed E-state index contributed by atoms with van der Waals surface area (Å²) in [5.74, 6) is 5.06. The highest BCUT2D eigenvalue weighted by atomic mass is 16.5. The van der Waals surface area contributed by atoms with Crippen LogP contribution in [0.4, 0.5) is 0 Å². The van der Waals surface area contributed by atoms with Crippen molar-refractivity contribution in [2.45, 2.75) is 25.5 Å². The number of carbonyl (C=O) groups excluding carboxylic acids is 1. The van der Waals surface area contributed by atoms with Gasteiger partial charge in [0, 0.05) is 19.0 Å². The van der Waals surface area contributed by atoms with Crippen molar-refractivity contribution in [3.8, 4) is 11.8 Å². The number of hydrogen-bond donors (Lipinski definition) is 2. The molecule has 1 saturated heterocycles. The number of nitrogens with zero attached hydrogens (tertiary/aromatic N) is 1. The molecule has 1 amide bonds. The molecule has 1 aliphatic heterocycles. The summed E-state index contributed by atoms with van der Waals surface area (Å²) >= 11 is 0. The summed E-state index contributed by atoms with van der Waals surface area (Å²) in [6, 6.07) is 1.65. The third-order valence-corrected chi connectivity index (χ3v) is 3.06. The summed E-state index contributed by atoms with van der Waals surface area (Å²) in [6.07, 6.45) is 3.91. The van der Waals surface area contributed by atoms with Gasteiger partial charge in [0.05, 0.1) is 23.3 Å². The second-order valence-electron chi connectivity index (χ2n) is 4.33. The maximum Gasteiger partial charge on any atom is 0.252 e. The molecule has 19 heavy (non-hydrogen) atoms. The molecular formula is C14H16N2O3. The third kappa shape index (κ3) is 3.31. The van der Waals surface area contributed by atoms with Gasteiger partial charge in [-0.2, -0.15) is 0 Å². The van der Waals surface area contributed by atoms with Gasteiger partial charge in [-0.25, -0.2) is 0 Å². The standard InChI is InChI=1S/C14H16N2O3/c1-10-13(5-8-19-10)16-14(18)12-4-6-15-9-11(12)3-2-7-17/h4,6,9-10,13,17H,5,7-8H2,1H3,(H,16,18). The Balaban J connectivity index is 2.14. The molecule has 1 aromatic heterocycles. The lowest BCUT2D eigenvalue weighted by atomic mass is 10.1. The fourth-order valence-electron chi connectivity index (χ4n) is 1.99. The number of hydrogen-bond acceptors (Lipinski definition) is 4. The van der Waals surface area contributed by atoms with Gasteiger partial charge in [0.25, 0.3) is 5.91 Å². The number of aliphatic hydroxyl groups is 1. The van der Waals surface area contributed by atoms with Crippen LogP contribution < -0.4 is 5.32 Å². The van der Waals surface area contributed by atoms with E-state index in [2.05, 4.69) is 22.1 Å². The molecule has 100 valence electrons. The monoisotopic (exact) mass is 260 g/mol. The van der Waals surface area contributed by atoms with Crippen LogP contribution in [0.15, 0.2) is 18.5 Å². The van der Waals surface area contributed by atoms with Crippen molar-refractivity contribution >= 4 is 5.91 Å². The average molecular weight is 260 g/mol. The number of pyridine rings is 1. The number of carbonyl (C=O) groups is 1. The quantitative estimate of drug-likeness (QED) is 0.752. The minimum atomic E-state index is -0.247. The largest absolute Gasteiger partial charge is 0.384 e. The maximum atomic E-state index is 12.2. The number of ether oxygens (including phenoxy) is 1. The molecule has 2 atom stereocenters. The van der Waals surface area contributed by atoms with E-state index in [-0.39, 0.29) is 24.7 Å². The second-order valence-corrected chi connectivity index (χ2v) is 4.33. The van der Waals surface area contributed by atoms with E-state index in [1.807, 2.05) is 6.92 Å². The van der Waals surface area contributed by atoms with E-state index in [0.717, 1.165) is 6.42 Å². The minimum Gasteiger partial charge on any atom is -0.384 e. The highest BCUT2D eigenvalue weighted by Gasteiger charge is 2.26. The van der Waals surface area contributed by atoms with E-state index in [1.54, 1.807) is 12.3 Å². The van der Waals surface area contributed by atoms with E-state index in [4.69, 9.17) is 9.84 Å². The van der Waals surface area contributed by atoms with Gasteiger partial charge in [-0.05, 0) is 19.4 Å². The van der Waals surface area contributed by atoms with Gasteiger partial charge in [0.1, 0.15) is 6.61 Å². The molecule has 0 bridgehead atoms. The Hall–Kier alpha value is -1.90. The lowest BCUT2D eigenvalue weighted by Crippen LogP contribution is -2.39. The topological polar surface area (TPSA) is 71.5 Å². The van der Waals surface area contributed by atoms with Crippen LogP contribution in [-0.4, -0.2) is 41.4 Å². The zero-order valence-corrected chi connectivity index (χ0v) is 10.7. The first-order valence-electron chi connectivity index (χ1n) is 6.18. The lowest BCUT2D eigenvalue weighted by molar-refractivity contribution is 0.0866. The van der Waals surface area contributed by atoms with Crippen LogP contribution in [0.3, 0.4) is 0 Å². The van der Waals surface area contributed by atoms with Crippen molar-refractivity contribution in [2.24, 2.45) is 0 Å². The van der Waals surface area contributed by atoms with Gasteiger partial charge < -0.3 is 15.2 Å². The Morgan fingerprint density at radius 1 is 1.68 bits per heavy atom. The van der Waals surface area contributed by atoms with Crippen molar-refractivity contribution < 1.29 is 14.6 Å². The SMILES string of the molecule is CC1OCCC1NC(=O)c1ccncc1C#CCO. The summed E-state index contributed by atoms with van der Waals surface area (Å²) in [6.45, 7) is 2.36. The van der Waals surface area contributed by atoms with Crippen molar-refractivity contribution in [1.29, 1.82) is 0 Å². The van der Waals surface area contributed by atoms with Crippen molar-refractivity contribution in [3.63, 3.8) is 0 Å². The summed E-state index contributed by atoms with van der Waals surface area (Å²) in [5.41, 5.74) is 0.982. The summed E-state index contributed by atoms with van der Waals surface area (Å²) < 4.78 is 5.41. The van der Waals surface area contributed by atoms with Crippen molar-refractivity contribution in [3.05, 3.63) is 29.6 Å². The molecule has 1 aromatic rings. The van der Waals surface area contributed by atoms with Gasteiger partial charge in [0.15, 0.2) is 0 Å². The molecule has 2 heterocycles. The number of amides is 1. The molecular weight excluding hydrogens is 244 g/mol. The Morgan fingerprint density at radius 3 is 3.21 bits per heavy atom. The number of rotatable bonds is 2. The van der Waals surface area contributed by atoms with E-state index in [9.17, 15) is 4.79 Å². The fraction of sp³-hybridized carbons (Fsp3) is 0.429. The Bertz CT molecular complexity index is 519. The first kappa shape index (κ1) is 13.5. The molecule has 0 saturated carbocycles. The molecule has 2 unspecified atom stereocenters. The maximum absolute atomic E-state index is 12.2. The van der Waals surface area contributed by atoms with Crippen molar-refractivity contribution in [2.75, 3.05) is 13.2 Å². The van der Waals surface area contributed by atoms with Crippen LogP contribution in [0, 0.1) is 11.8 Å². The zero-order chi connectivity index (χ0) is 13.7. The average Bonchev–Trinajstić information content (AvgIpc) is 2.82. The molecule has 5 nitrogen and oxygen atoms in total. The first-order chi connectivity index (χ1) is 9.22. The summed E-state index contributed by atoms with van der Waals surface area (Å²) in [4.78, 5) is 16.1. The molecule has 0 aliphatic carbocycles. The van der Waals surface area contributed by atoms with Gasteiger partial charge in [-0.15, -0.1) is 0 Å². The summed E-state index contributed by atoms with van der Waals surface area (Å²) in [7, 11) is 0. The molecule has 0 spiro atoms. The minimum absolute atomic E-state index is 0.0257. The molecule has 2 N–H and O–H groups in total. The van der Waals surface area contributed by atoms with Gasteiger partial charge in [0.2, 0.25) is 0 Å². The molecule has 5 heteroatoms. The smallest absolute Gasteiger partial charge is 0.252 e. The van der Waals surface area contributed by atoms with Crippen LogP contribution in [0.5, 0.6) is 0 Å². The van der Waals surface area contributed by atoms with E-state index in [1.165, 1.54) is 6.20 Å². The highest BCUT2D eigenvalue weighted by molar-refractivity contribution is 5.96. The lowest BCUT2D eigenvalue weighted by Gasteiger charge is -2.16. The zero-order valence-electron chi connectivity index (χ0n) is 10.7.